The minimum absolute atomic E-state index is 0.556. The summed E-state index contributed by atoms with van der Waals surface area (Å²) in [7, 11) is 0. The molecule has 2 nitrogen and oxygen atoms in total. The van der Waals surface area contributed by atoms with E-state index >= 15 is 0 Å². The van der Waals surface area contributed by atoms with Gasteiger partial charge in [-0.05, 0) is 31.4 Å². The second kappa shape index (κ2) is 3.63. The van der Waals surface area contributed by atoms with Crippen LogP contribution in [0.2, 0.25) is 0 Å². The Bertz CT molecular complexity index is 525. The lowest BCUT2D eigenvalue weighted by Gasteiger charge is -2.24. The fraction of sp³-hybridized carbons (Fsp3) is 0.429. The summed E-state index contributed by atoms with van der Waals surface area (Å²) in [4.78, 5) is 0. The molecule has 16 heavy (non-hydrogen) atoms. The molecule has 1 aromatic heterocycles. The highest BCUT2D eigenvalue weighted by Gasteiger charge is 2.21. The minimum atomic E-state index is 0.556. The topological polar surface area (TPSA) is 30.9 Å². The van der Waals surface area contributed by atoms with Crippen molar-refractivity contribution in [1.29, 1.82) is 0 Å². The number of fused-ring (bicyclic) bond motifs is 3. The standard InChI is InChI=1S/C14H18N2/c1-10-4-2-5-11-8-13-12(9-15)6-3-7-16(13)14(10)11/h2,4-5,8,12H,3,6-7,9,15H2,1H3. The first-order valence-corrected chi connectivity index (χ1v) is 6.10. The Labute approximate surface area is 96.1 Å². The second-order valence-corrected chi connectivity index (χ2v) is 4.81. The van der Waals surface area contributed by atoms with Gasteiger partial charge in [-0.2, -0.15) is 0 Å². The van der Waals surface area contributed by atoms with E-state index in [4.69, 9.17) is 5.73 Å². The number of rotatable bonds is 1. The Hall–Kier alpha value is -1.28. The van der Waals surface area contributed by atoms with Crippen LogP contribution in [0.1, 0.15) is 30.0 Å². The van der Waals surface area contributed by atoms with Gasteiger partial charge in [-0.25, -0.2) is 0 Å². The van der Waals surface area contributed by atoms with E-state index in [1.54, 1.807) is 0 Å². The minimum Gasteiger partial charge on any atom is -0.344 e. The Morgan fingerprint density at radius 1 is 1.44 bits per heavy atom. The average molecular weight is 214 g/mol. The normalized spacial score (nSPS) is 20.0. The Morgan fingerprint density at radius 3 is 3.12 bits per heavy atom. The van der Waals surface area contributed by atoms with Crippen LogP contribution in [-0.2, 0) is 6.54 Å². The van der Waals surface area contributed by atoms with Crippen molar-refractivity contribution in [2.75, 3.05) is 6.54 Å². The summed E-state index contributed by atoms with van der Waals surface area (Å²) >= 11 is 0. The maximum Gasteiger partial charge on any atom is 0.0512 e. The van der Waals surface area contributed by atoms with Gasteiger partial charge < -0.3 is 10.3 Å². The maximum absolute atomic E-state index is 5.86. The Kier molecular flexibility index (Phi) is 2.25. The molecule has 0 radical (unpaired) electrons. The number of benzene rings is 1. The predicted octanol–water partition coefficient (Wildman–Crippen LogP) is 2.79. The first-order chi connectivity index (χ1) is 7.81. The number of nitrogens with zero attached hydrogens (tertiary/aromatic N) is 1. The molecule has 0 saturated carbocycles. The fourth-order valence-electron chi connectivity index (χ4n) is 2.99. The van der Waals surface area contributed by atoms with Gasteiger partial charge in [-0.15, -0.1) is 0 Å². The molecule has 2 heterocycles. The lowest BCUT2D eigenvalue weighted by Crippen LogP contribution is -2.21. The lowest BCUT2D eigenvalue weighted by molar-refractivity contribution is 0.467. The van der Waals surface area contributed by atoms with Crippen LogP contribution in [0.4, 0.5) is 0 Å². The van der Waals surface area contributed by atoms with E-state index in [9.17, 15) is 0 Å². The van der Waals surface area contributed by atoms with Crippen LogP contribution in [0.15, 0.2) is 24.3 Å². The zero-order valence-electron chi connectivity index (χ0n) is 9.74. The van der Waals surface area contributed by atoms with Crippen LogP contribution in [-0.4, -0.2) is 11.1 Å². The third-order valence-corrected chi connectivity index (χ3v) is 3.79. The van der Waals surface area contributed by atoms with Gasteiger partial charge >= 0.3 is 0 Å². The monoisotopic (exact) mass is 214 g/mol. The average Bonchev–Trinajstić information content (AvgIpc) is 2.68. The lowest BCUT2D eigenvalue weighted by atomic mass is 9.96. The van der Waals surface area contributed by atoms with Crippen LogP contribution < -0.4 is 5.73 Å². The molecule has 2 N–H and O–H groups in total. The Balaban J connectivity index is 2.29. The first-order valence-electron chi connectivity index (χ1n) is 6.10. The number of hydrogen-bond donors (Lipinski definition) is 1. The SMILES string of the molecule is Cc1cccc2cc3n(c12)CCCC3CN. The molecule has 84 valence electrons. The Morgan fingerprint density at radius 2 is 2.31 bits per heavy atom. The van der Waals surface area contributed by atoms with Gasteiger partial charge in [0, 0.05) is 30.1 Å². The van der Waals surface area contributed by atoms with Crippen LogP contribution in [0.5, 0.6) is 0 Å². The summed E-state index contributed by atoms with van der Waals surface area (Å²) in [5.41, 5.74) is 10.1. The zero-order valence-corrected chi connectivity index (χ0v) is 9.74. The summed E-state index contributed by atoms with van der Waals surface area (Å²) < 4.78 is 2.48. The van der Waals surface area contributed by atoms with Crippen molar-refractivity contribution in [3.05, 3.63) is 35.5 Å². The van der Waals surface area contributed by atoms with E-state index in [0.717, 1.165) is 13.1 Å². The van der Waals surface area contributed by atoms with Gasteiger partial charge in [0.15, 0.2) is 0 Å². The van der Waals surface area contributed by atoms with Crippen molar-refractivity contribution in [2.45, 2.75) is 32.2 Å². The molecule has 1 aromatic carbocycles. The van der Waals surface area contributed by atoms with E-state index in [-0.39, 0.29) is 0 Å². The number of aromatic nitrogens is 1. The summed E-state index contributed by atoms with van der Waals surface area (Å²) in [6, 6.07) is 8.88. The number of para-hydroxylation sites is 1. The smallest absolute Gasteiger partial charge is 0.0512 e. The maximum atomic E-state index is 5.86. The van der Waals surface area contributed by atoms with Gasteiger partial charge in [0.1, 0.15) is 0 Å². The van der Waals surface area contributed by atoms with E-state index < -0.39 is 0 Å². The van der Waals surface area contributed by atoms with Crippen molar-refractivity contribution >= 4 is 10.9 Å². The summed E-state index contributed by atoms with van der Waals surface area (Å²) in [6.45, 7) is 4.12. The highest BCUT2D eigenvalue weighted by molar-refractivity contribution is 5.84. The third kappa shape index (κ3) is 1.30. The van der Waals surface area contributed by atoms with Crippen molar-refractivity contribution < 1.29 is 0 Å². The molecule has 1 unspecified atom stereocenters. The van der Waals surface area contributed by atoms with E-state index in [1.807, 2.05) is 0 Å². The predicted molar refractivity (Wildman–Crippen MR) is 67.7 cm³/mol. The molecule has 1 aliphatic heterocycles. The largest absolute Gasteiger partial charge is 0.344 e. The van der Waals surface area contributed by atoms with Crippen LogP contribution in [0.25, 0.3) is 10.9 Å². The third-order valence-electron chi connectivity index (χ3n) is 3.79. The molecule has 0 fully saturated rings. The molecule has 3 rings (SSSR count). The van der Waals surface area contributed by atoms with Crippen LogP contribution >= 0.6 is 0 Å². The van der Waals surface area contributed by atoms with E-state index in [0.29, 0.717) is 5.92 Å². The number of aryl methyl sites for hydroxylation is 2. The quantitative estimate of drug-likeness (QED) is 0.777. The fourth-order valence-corrected chi connectivity index (χ4v) is 2.99. The molecule has 2 aromatic rings. The summed E-state index contributed by atoms with van der Waals surface area (Å²) in [5.74, 6) is 0.556. The summed E-state index contributed by atoms with van der Waals surface area (Å²) in [5, 5.41) is 1.37. The van der Waals surface area contributed by atoms with Crippen LogP contribution in [0, 0.1) is 6.92 Å². The molecule has 2 heteroatoms. The molecular formula is C14H18N2. The van der Waals surface area contributed by atoms with E-state index in [2.05, 4.69) is 35.8 Å². The molecule has 0 aliphatic carbocycles. The molecule has 0 spiro atoms. The highest BCUT2D eigenvalue weighted by Crippen LogP contribution is 2.33. The molecule has 1 atom stereocenters. The number of nitrogens with two attached hydrogens (primary N) is 1. The molecular weight excluding hydrogens is 196 g/mol. The zero-order chi connectivity index (χ0) is 11.1. The summed E-state index contributed by atoms with van der Waals surface area (Å²) in [6.07, 6.45) is 2.50. The number of hydrogen-bond acceptors (Lipinski definition) is 1. The molecule has 0 saturated heterocycles. The molecule has 0 amide bonds. The van der Waals surface area contributed by atoms with Crippen LogP contribution in [0.3, 0.4) is 0 Å². The second-order valence-electron chi connectivity index (χ2n) is 4.81. The van der Waals surface area contributed by atoms with Crippen molar-refractivity contribution in [3.63, 3.8) is 0 Å². The van der Waals surface area contributed by atoms with Gasteiger partial charge in [-0.1, -0.05) is 18.2 Å². The van der Waals surface area contributed by atoms with Gasteiger partial charge in [0.2, 0.25) is 0 Å². The molecule has 1 aliphatic rings. The van der Waals surface area contributed by atoms with Crippen molar-refractivity contribution in [3.8, 4) is 0 Å². The van der Waals surface area contributed by atoms with Crippen molar-refractivity contribution in [2.24, 2.45) is 5.73 Å². The first kappa shape index (κ1) is 9.91. The van der Waals surface area contributed by atoms with Gasteiger partial charge in [-0.3, -0.25) is 0 Å². The van der Waals surface area contributed by atoms with Gasteiger partial charge in [0.25, 0.3) is 0 Å². The van der Waals surface area contributed by atoms with E-state index in [1.165, 1.54) is 35.0 Å². The molecule has 0 bridgehead atoms. The van der Waals surface area contributed by atoms with Gasteiger partial charge in [0.05, 0.1) is 5.52 Å². The highest BCUT2D eigenvalue weighted by atomic mass is 15.0. The van der Waals surface area contributed by atoms with Crippen molar-refractivity contribution in [1.82, 2.24) is 4.57 Å².